The molecule has 2 heterocycles. The van der Waals surface area contributed by atoms with E-state index < -0.39 is 0 Å². The van der Waals surface area contributed by atoms with Gasteiger partial charge in [0.25, 0.3) is 0 Å². The monoisotopic (exact) mass is 359 g/mol. The van der Waals surface area contributed by atoms with Crippen LogP contribution in [0.3, 0.4) is 0 Å². The molecular weight excluding hydrogens is 341 g/mol. The van der Waals surface area contributed by atoms with Crippen LogP contribution in [0.5, 0.6) is 5.75 Å². The van der Waals surface area contributed by atoms with E-state index in [9.17, 15) is 0 Å². The Morgan fingerprint density at radius 1 is 1.11 bits per heavy atom. The van der Waals surface area contributed by atoms with E-state index in [2.05, 4.69) is 51.8 Å². The molecule has 3 rings (SSSR count). The highest BCUT2D eigenvalue weighted by Crippen LogP contribution is 2.22. The zero-order chi connectivity index (χ0) is 12.4. The van der Waals surface area contributed by atoms with Gasteiger partial charge < -0.3 is 9.47 Å². The lowest BCUT2D eigenvalue weighted by atomic mass is 10.0. The van der Waals surface area contributed by atoms with Gasteiger partial charge in [-0.15, -0.1) is 0 Å². The van der Waals surface area contributed by atoms with Crippen molar-refractivity contribution >= 4 is 22.6 Å². The van der Waals surface area contributed by atoms with Gasteiger partial charge in [0, 0.05) is 16.7 Å². The Morgan fingerprint density at radius 2 is 1.78 bits per heavy atom. The number of likely N-dealkylation sites (tertiary alicyclic amines) is 1. The highest BCUT2D eigenvalue weighted by atomic mass is 127. The largest absolute Gasteiger partial charge is 0.490 e. The molecule has 0 aliphatic carbocycles. The van der Waals surface area contributed by atoms with E-state index in [-0.39, 0.29) is 0 Å². The van der Waals surface area contributed by atoms with Crippen LogP contribution >= 0.6 is 22.6 Å². The molecule has 0 bridgehead atoms. The third-order valence-electron chi connectivity index (χ3n) is 3.73. The summed E-state index contributed by atoms with van der Waals surface area (Å²) in [5.74, 6) is 1.00. The summed E-state index contributed by atoms with van der Waals surface area (Å²) in [5.41, 5.74) is 0. The quantitative estimate of drug-likeness (QED) is 0.775. The first-order valence-corrected chi connectivity index (χ1v) is 7.63. The summed E-state index contributed by atoms with van der Waals surface area (Å²) in [6.07, 6.45) is 2.63. The van der Waals surface area contributed by atoms with Gasteiger partial charge in [0.05, 0.1) is 19.3 Å². The average Bonchev–Trinajstić information content (AvgIpc) is 2.32. The zero-order valence-electron chi connectivity index (χ0n) is 10.3. The van der Waals surface area contributed by atoms with Crippen molar-refractivity contribution in [1.29, 1.82) is 0 Å². The van der Waals surface area contributed by atoms with Crippen LogP contribution in [0.2, 0.25) is 0 Å². The number of benzene rings is 1. The van der Waals surface area contributed by atoms with E-state index in [0.717, 1.165) is 44.9 Å². The average molecular weight is 359 g/mol. The summed E-state index contributed by atoms with van der Waals surface area (Å²) < 4.78 is 12.5. The minimum atomic E-state index is 0.377. The van der Waals surface area contributed by atoms with Gasteiger partial charge in [-0.25, -0.2) is 0 Å². The Balaban J connectivity index is 1.48. The van der Waals surface area contributed by atoms with Crippen molar-refractivity contribution in [2.75, 3.05) is 26.3 Å². The summed E-state index contributed by atoms with van der Waals surface area (Å²) in [6.45, 7) is 4.12. The smallest absolute Gasteiger partial charge is 0.119 e. The Hall–Kier alpha value is -0.330. The van der Waals surface area contributed by atoms with Crippen molar-refractivity contribution in [1.82, 2.24) is 4.90 Å². The predicted molar refractivity (Wildman–Crippen MR) is 79.0 cm³/mol. The third-order valence-corrected chi connectivity index (χ3v) is 4.45. The number of rotatable bonds is 3. The van der Waals surface area contributed by atoms with Crippen molar-refractivity contribution in [3.05, 3.63) is 27.8 Å². The van der Waals surface area contributed by atoms with Crippen LogP contribution in [0.25, 0.3) is 0 Å². The van der Waals surface area contributed by atoms with Gasteiger partial charge in [-0.3, -0.25) is 4.90 Å². The maximum absolute atomic E-state index is 6.03. The number of nitrogens with zero attached hydrogens (tertiary/aromatic N) is 1. The molecule has 18 heavy (non-hydrogen) atoms. The number of piperidine rings is 1. The van der Waals surface area contributed by atoms with Crippen molar-refractivity contribution in [2.24, 2.45) is 0 Å². The van der Waals surface area contributed by atoms with Gasteiger partial charge in [-0.05, 0) is 59.7 Å². The number of ether oxygens (including phenoxy) is 2. The third kappa shape index (κ3) is 2.97. The highest BCUT2D eigenvalue weighted by Gasteiger charge is 2.30. The molecule has 2 saturated heterocycles. The van der Waals surface area contributed by atoms with Gasteiger partial charge in [0.15, 0.2) is 0 Å². The van der Waals surface area contributed by atoms with Gasteiger partial charge >= 0.3 is 0 Å². The molecule has 1 aromatic carbocycles. The molecule has 0 amide bonds. The molecule has 0 N–H and O–H groups in total. The Kier molecular flexibility index (Phi) is 4.06. The lowest BCUT2D eigenvalue weighted by Crippen LogP contribution is -2.52. The summed E-state index contributed by atoms with van der Waals surface area (Å²) in [4.78, 5) is 2.54. The first-order chi connectivity index (χ1) is 8.81. The van der Waals surface area contributed by atoms with Crippen LogP contribution in [-0.2, 0) is 4.74 Å². The first kappa shape index (κ1) is 12.7. The van der Waals surface area contributed by atoms with Gasteiger partial charge in [0.1, 0.15) is 11.9 Å². The molecular formula is C14H18INO2. The van der Waals surface area contributed by atoms with E-state index in [1.54, 1.807) is 0 Å². The van der Waals surface area contributed by atoms with Crippen molar-refractivity contribution < 1.29 is 9.47 Å². The van der Waals surface area contributed by atoms with Crippen LogP contribution in [-0.4, -0.2) is 43.3 Å². The number of hydrogen-bond donors (Lipinski definition) is 0. The van der Waals surface area contributed by atoms with Crippen LogP contribution in [0, 0.1) is 3.57 Å². The van der Waals surface area contributed by atoms with Gasteiger partial charge in [-0.1, -0.05) is 0 Å². The molecule has 98 valence electrons. The lowest BCUT2D eigenvalue weighted by Gasteiger charge is -2.41. The molecule has 2 fully saturated rings. The molecule has 1 aromatic rings. The van der Waals surface area contributed by atoms with E-state index in [1.165, 1.54) is 3.57 Å². The Morgan fingerprint density at radius 3 is 2.33 bits per heavy atom. The number of hydrogen-bond acceptors (Lipinski definition) is 3. The minimum absolute atomic E-state index is 0.377. The standard InChI is InChI=1S/C14H18INO2/c15-11-1-3-13(4-2-11)18-14-5-7-16(8-6-14)12-9-17-10-12/h1-4,12,14H,5-10H2. The minimum Gasteiger partial charge on any atom is -0.490 e. The molecule has 2 aliphatic rings. The van der Waals surface area contributed by atoms with Crippen LogP contribution in [0.15, 0.2) is 24.3 Å². The van der Waals surface area contributed by atoms with Gasteiger partial charge in [-0.2, -0.15) is 0 Å². The molecule has 0 spiro atoms. The molecule has 2 aliphatic heterocycles. The summed E-state index contributed by atoms with van der Waals surface area (Å²) >= 11 is 2.31. The van der Waals surface area contributed by atoms with Gasteiger partial charge in [0.2, 0.25) is 0 Å². The summed E-state index contributed by atoms with van der Waals surface area (Å²) in [7, 11) is 0. The van der Waals surface area contributed by atoms with Crippen LogP contribution in [0.1, 0.15) is 12.8 Å². The van der Waals surface area contributed by atoms with Crippen LogP contribution in [0.4, 0.5) is 0 Å². The van der Waals surface area contributed by atoms with Crippen molar-refractivity contribution in [3.63, 3.8) is 0 Å². The Labute approximate surface area is 122 Å². The highest BCUT2D eigenvalue weighted by molar-refractivity contribution is 14.1. The fourth-order valence-electron chi connectivity index (χ4n) is 2.50. The van der Waals surface area contributed by atoms with Crippen molar-refractivity contribution in [2.45, 2.75) is 25.0 Å². The topological polar surface area (TPSA) is 21.7 Å². The lowest BCUT2D eigenvalue weighted by molar-refractivity contribution is -0.0778. The fourth-order valence-corrected chi connectivity index (χ4v) is 2.86. The molecule has 3 nitrogen and oxygen atoms in total. The normalized spacial score (nSPS) is 22.7. The molecule has 0 atom stereocenters. The maximum Gasteiger partial charge on any atom is 0.119 e. The van der Waals surface area contributed by atoms with Crippen LogP contribution < -0.4 is 4.74 Å². The summed E-state index contributed by atoms with van der Waals surface area (Å²) in [6, 6.07) is 8.99. The second kappa shape index (κ2) is 5.75. The van der Waals surface area contributed by atoms with E-state index >= 15 is 0 Å². The maximum atomic E-state index is 6.03. The Bertz CT molecular complexity index is 383. The summed E-state index contributed by atoms with van der Waals surface area (Å²) in [5, 5.41) is 0. The predicted octanol–water partition coefficient (Wildman–Crippen LogP) is 2.53. The van der Waals surface area contributed by atoms with E-state index in [1.807, 2.05) is 0 Å². The second-order valence-corrected chi connectivity index (χ2v) is 6.24. The molecule has 0 aromatic heterocycles. The molecule has 0 unspecified atom stereocenters. The molecule has 0 saturated carbocycles. The number of halogens is 1. The fraction of sp³-hybridized carbons (Fsp3) is 0.571. The molecule has 0 radical (unpaired) electrons. The zero-order valence-corrected chi connectivity index (χ0v) is 12.5. The SMILES string of the molecule is Ic1ccc(OC2CCN(C3COC3)CC2)cc1. The second-order valence-electron chi connectivity index (χ2n) is 5.00. The van der Waals surface area contributed by atoms with Crippen molar-refractivity contribution in [3.8, 4) is 5.75 Å². The van der Waals surface area contributed by atoms with E-state index in [0.29, 0.717) is 12.1 Å². The first-order valence-electron chi connectivity index (χ1n) is 6.55. The molecule has 4 heteroatoms. The van der Waals surface area contributed by atoms with E-state index in [4.69, 9.17) is 9.47 Å².